The molecule has 3 heterocycles. The minimum Gasteiger partial charge on any atom is -0.338 e. The molecule has 0 aliphatic carbocycles. The molecule has 0 saturated carbocycles. The molecule has 6 heteroatoms. The van der Waals surface area contributed by atoms with Gasteiger partial charge in [-0.2, -0.15) is 5.10 Å². The topological polar surface area (TPSA) is 63.1 Å². The van der Waals surface area contributed by atoms with E-state index in [2.05, 4.69) is 29.2 Å². The van der Waals surface area contributed by atoms with E-state index in [1.54, 1.807) is 6.20 Å². The average Bonchev–Trinajstić information content (AvgIpc) is 3.20. The van der Waals surface area contributed by atoms with Crippen molar-refractivity contribution in [1.82, 2.24) is 25.0 Å². The van der Waals surface area contributed by atoms with Crippen LogP contribution in [0.25, 0.3) is 11.0 Å². The first-order valence-electron chi connectivity index (χ1n) is 8.83. The fourth-order valence-corrected chi connectivity index (χ4v) is 3.46. The molecule has 24 heavy (non-hydrogen) atoms. The van der Waals surface area contributed by atoms with Gasteiger partial charge in [-0.1, -0.05) is 6.92 Å². The Morgan fingerprint density at radius 1 is 1.50 bits per heavy atom. The van der Waals surface area contributed by atoms with Gasteiger partial charge >= 0.3 is 0 Å². The van der Waals surface area contributed by atoms with E-state index in [1.165, 1.54) is 0 Å². The number of likely N-dealkylation sites (tertiary alicyclic amines) is 1. The molecule has 0 radical (unpaired) electrons. The Morgan fingerprint density at radius 2 is 2.29 bits per heavy atom. The van der Waals surface area contributed by atoms with E-state index in [-0.39, 0.29) is 11.9 Å². The van der Waals surface area contributed by atoms with Crippen molar-refractivity contribution in [2.75, 3.05) is 26.7 Å². The lowest BCUT2D eigenvalue weighted by molar-refractivity contribution is 0.0789. The molecule has 1 fully saturated rings. The molecule has 1 aliphatic rings. The van der Waals surface area contributed by atoms with Gasteiger partial charge in [-0.15, -0.1) is 0 Å². The number of nitrogens with zero attached hydrogens (tertiary/aromatic N) is 4. The van der Waals surface area contributed by atoms with Crippen LogP contribution in [0, 0.1) is 12.8 Å². The Hall–Kier alpha value is -1.95. The van der Waals surface area contributed by atoms with Crippen LogP contribution in [0.15, 0.2) is 12.3 Å². The summed E-state index contributed by atoms with van der Waals surface area (Å²) in [5.74, 6) is 0.646. The van der Waals surface area contributed by atoms with Crippen molar-refractivity contribution in [3.05, 3.63) is 23.5 Å². The molecular formula is C18H27N5O. The standard InChI is InChI=1S/C18H27N5O/c1-5-13(3)23-17-16(10-20-23)15(8-12(2)21-17)18(24)22-7-6-14(11-22)9-19-4/h8,10,13-14,19H,5-7,9,11H2,1-4H3. The highest BCUT2D eigenvalue weighted by Crippen LogP contribution is 2.25. The number of hydrogen-bond donors (Lipinski definition) is 1. The maximum absolute atomic E-state index is 13.1. The molecule has 0 spiro atoms. The van der Waals surface area contributed by atoms with Crippen LogP contribution < -0.4 is 5.32 Å². The zero-order chi connectivity index (χ0) is 17.3. The van der Waals surface area contributed by atoms with Crippen LogP contribution in [0.4, 0.5) is 0 Å². The zero-order valence-corrected chi connectivity index (χ0v) is 15.0. The number of amides is 1. The quantitative estimate of drug-likeness (QED) is 0.915. The fraction of sp³-hybridized carbons (Fsp3) is 0.611. The number of aromatic nitrogens is 3. The van der Waals surface area contributed by atoms with Gasteiger partial charge in [0.15, 0.2) is 5.65 Å². The number of nitrogens with one attached hydrogen (secondary N) is 1. The minimum absolute atomic E-state index is 0.104. The molecule has 3 rings (SSSR count). The number of fused-ring (bicyclic) bond motifs is 1. The number of carbonyl (C=O) groups excluding carboxylic acids is 1. The van der Waals surface area contributed by atoms with Gasteiger partial charge in [-0.05, 0) is 52.3 Å². The van der Waals surface area contributed by atoms with Crippen molar-refractivity contribution in [3.8, 4) is 0 Å². The Labute approximate surface area is 143 Å². The van der Waals surface area contributed by atoms with E-state index in [0.29, 0.717) is 5.92 Å². The van der Waals surface area contributed by atoms with Gasteiger partial charge in [0.05, 0.1) is 23.2 Å². The van der Waals surface area contributed by atoms with E-state index in [0.717, 1.165) is 54.8 Å². The van der Waals surface area contributed by atoms with Crippen LogP contribution in [0.2, 0.25) is 0 Å². The van der Waals surface area contributed by atoms with Crippen LogP contribution in [0.5, 0.6) is 0 Å². The second kappa shape index (κ2) is 6.89. The van der Waals surface area contributed by atoms with Crippen LogP contribution in [0.1, 0.15) is 48.8 Å². The van der Waals surface area contributed by atoms with Crippen molar-refractivity contribution >= 4 is 16.9 Å². The van der Waals surface area contributed by atoms with Gasteiger partial charge in [0.1, 0.15) is 0 Å². The van der Waals surface area contributed by atoms with Gasteiger partial charge < -0.3 is 10.2 Å². The maximum Gasteiger partial charge on any atom is 0.254 e. The smallest absolute Gasteiger partial charge is 0.254 e. The average molecular weight is 329 g/mol. The van der Waals surface area contributed by atoms with Gasteiger partial charge in [-0.25, -0.2) is 9.67 Å². The lowest BCUT2D eigenvalue weighted by Crippen LogP contribution is -2.30. The normalized spacial score (nSPS) is 19.2. The van der Waals surface area contributed by atoms with E-state index >= 15 is 0 Å². The highest BCUT2D eigenvalue weighted by Gasteiger charge is 2.28. The summed E-state index contributed by atoms with van der Waals surface area (Å²) in [7, 11) is 1.96. The van der Waals surface area contributed by atoms with E-state index < -0.39 is 0 Å². The summed E-state index contributed by atoms with van der Waals surface area (Å²) in [5.41, 5.74) is 2.41. The third kappa shape index (κ3) is 3.02. The molecule has 1 aliphatic heterocycles. The molecule has 1 N–H and O–H groups in total. The molecular weight excluding hydrogens is 302 g/mol. The van der Waals surface area contributed by atoms with Gasteiger partial charge in [0, 0.05) is 18.8 Å². The molecule has 2 aromatic rings. The molecule has 2 aromatic heterocycles. The SMILES string of the molecule is CCC(C)n1ncc2c(C(=O)N3CCC(CNC)C3)cc(C)nc21. The van der Waals surface area contributed by atoms with Crippen molar-refractivity contribution < 1.29 is 4.79 Å². The van der Waals surface area contributed by atoms with Gasteiger partial charge in [-0.3, -0.25) is 4.79 Å². The Kier molecular flexibility index (Phi) is 4.85. The minimum atomic E-state index is 0.104. The van der Waals surface area contributed by atoms with E-state index in [1.807, 2.05) is 29.6 Å². The molecule has 0 aromatic carbocycles. The summed E-state index contributed by atoms with van der Waals surface area (Å²) in [6, 6.07) is 2.17. The molecule has 2 unspecified atom stereocenters. The Bertz CT molecular complexity index is 738. The fourth-order valence-electron chi connectivity index (χ4n) is 3.46. The second-order valence-electron chi connectivity index (χ2n) is 6.86. The Balaban J connectivity index is 1.95. The molecule has 1 saturated heterocycles. The van der Waals surface area contributed by atoms with Crippen LogP contribution >= 0.6 is 0 Å². The van der Waals surface area contributed by atoms with Crippen molar-refractivity contribution in [1.29, 1.82) is 0 Å². The number of hydrogen-bond acceptors (Lipinski definition) is 4. The summed E-state index contributed by atoms with van der Waals surface area (Å²) in [5, 5.41) is 8.57. The van der Waals surface area contributed by atoms with Crippen molar-refractivity contribution in [3.63, 3.8) is 0 Å². The lowest BCUT2D eigenvalue weighted by Gasteiger charge is -2.18. The lowest BCUT2D eigenvalue weighted by atomic mass is 10.1. The monoisotopic (exact) mass is 329 g/mol. The molecule has 0 bridgehead atoms. The van der Waals surface area contributed by atoms with Crippen molar-refractivity contribution in [2.24, 2.45) is 5.92 Å². The number of aryl methyl sites for hydroxylation is 1. The molecule has 6 nitrogen and oxygen atoms in total. The zero-order valence-electron chi connectivity index (χ0n) is 15.0. The molecule has 1 amide bonds. The number of carbonyl (C=O) groups is 1. The van der Waals surface area contributed by atoms with E-state index in [4.69, 9.17) is 0 Å². The van der Waals surface area contributed by atoms with Crippen molar-refractivity contribution in [2.45, 2.75) is 39.7 Å². The predicted octanol–water partition coefficient (Wildman–Crippen LogP) is 2.39. The summed E-state index contributed by atoms with van der Waals surface area (Å²) in [6.45, 7) is 8.81. The third-order valence-electron chi connectivity index (χ3n) is 5.00. The number of rotatable bonds is 5. The highest BCUT2D eigenvalue weighted by atomic mass is 16.2. The first-order valence-corrected chi connectivity index (χ1v) is 8.83. The predicted molar refractivity (Wildman–Crippen MR) is 95.2 cm³/mol. The summed E-state index contributed by atoms with van der Waals surface area (Å²) >= 11 is 0. The van der Waals surface area contributed by atoms with Crippen LogP contribution in [-0.4, -0.2) is 52.3 Å². The van der Waals surface area contributed by atoms with E-state index in [9.17, 15) is 4.79 Å². The largest absolute Gasteiger partial charge is 0.338 e. The van der Waals surface area contributed by atoms with Gasteiger partial charge in [0.2, 0.25) is 0 Å². The maximum atomic E-state index is 13.1. The molecule has 130 valence electrons. The second-order valence-corrected chi connectivity index (χ2v) is 6.86. The first kappa shape index (κ1) is 16.9. The highest BCUT2D eigenvalue weighted by molar-refractivity contribution is 6.05. The van der Waals surface area contributed by atoms with Crippen LogP contribution in [-0.2, 0) is 0 Å². The summed E-state index contributed by atoms with van der Waals surface area (Å²) in [4.78, 5) is 19.7. The molecule has 2 atom stereocenters. The Morgan fingerprint density at radius 3 is 3.00 bits per heavy atom. The number of pyridine rings is 1. The van der Waals surface area contributed by atoms with Gasteiger partial charge in [0.25, 0.3) is 5.91 Å². The third-order valence-corrected chi connectivity index (χ3v) is 5.00. The van der Waals surface area contributed by atoms with Crippen LogP contribution in [0.3, 0.4) is 0 Å². The summed E-state index contributed by atoms with van der Waals surface area (Å²) in [6.07, 6.45) is 3.84. The summed E-state index contributed by atoms with van der Waals surface area (Å²) < 4.78 is 1.94. The first-order chi connectivity index (χ1) is 11.5.